The van der Waals surface area contributed by atoms with E-state index >= 15 is 0 Å². The van der Waals surface area contributed by atoms with Crippen LogP contribution in [0.1, 0.15) is 0 Å². The van der Waals surface area contributed by atoms with Gasteiger partial charge in [0.05, 0.1) is 3.57 Å². The van der Waals surface area contributed by atoms with Crippen LogP contribution in [0.4, 0.5) is 18.9 Å². The van der Waals surface area contributed by atoms with Gasteiger partial charge in [0.25, 0.3) is 0 Å². The summed E-state index contributed by atoms with van der Waals surface area (Å²) in [6.45, 7) is 0. The molecule has 13 heavy (non-hydrogen) atoms. The first kappa shape index (κ1) is 10.4. The number of nitrogen functional groups attached to an aromatic ring is 1. The molecule has 0 saturated carbocycles. The largest absolute Gasteiger partial charge is 0.573 e. The van der Waals surface area contributed by atoms with Crippen molar-refractivity contribution < 1.29 is 17.9 Å². The highest BCUT2D eigenvalue weighted by Crippen LogP contribution is 2.28. The number of alkyl halides is 3. The van der Waals surface area contributed by atoms with Crippen LogP contribution in [0.15, 0.2) is 18.2 Å². The van der Waals surface area contributed by atoms with E-state index < -0.39 is 6.36 Å². The van der Waals surface area contributed by atoms with Crippen LogP contribution in [-0.4, -0.2) is 6.36 Å². The van der Waals surface area contributed by atoms with Crippen molar-refractivity contribution in [3.63, 3.8) is 0 Å². The zero-order valence-electron chi connectivity index (χ0n) is 6.23. The lowest BCUT2D eigenvalue weighted by atomic mass is 10.3. The fourth-order valence-electron chi connectivity index (χ4n) is 0.725. The van der Waals surface area contributed by atoms with Crippen molar-refractivity contribution in [3.05, 3.63) is 21.8 Å². The molecule has 0 fully saturated rings. The first-order chi connectivity index (χ1) is 5.88. The quantitative estimate of drug-likeness (QED) is 0.639. The highest BCUT2D eigenvalue weighted by atomic mass is 127. The number of nitrogens with two attached hydrogens (primary N) is 1. The van der Waals surface area contributed by atoms with E-state index in [2.05, 4.69) is 4.74 Å². The Morgan fingerprint density at radius 2 is 1.92 bits per heavy atom. The van der Waals surface area contributed by atoms with Crippen LogP contribution in [0.25, 0.3) is 0 Å². The molecule has 0 bridgehead atoms. The average Bonchev–Trinajstić information content (AvgIpc) is 1.93. The molecule has 0 saturated heterocycles. The Morgan fingerprint density at radius 3 is 2.38 bits per heavy atom. The molecule has 0 spiro atoms. The van der Waals surface area contributed by atoms with Gasteiger partial charge in [0.15, 0.2) is 0 Å². The summed E-state index contributed by atoms with van der Waals surface area (Å²) < 4.78 is 39.3. The van der Waals surface area contributed by atoms with Crippen LogP contribution in [0, 0.1) is 3.57 Å². The minimum absolute atomic E-state index is 0.234. The van der Waals surface area contributed by atoms with E-state index in [0.717, 1.165) is 0 Å². The molecule has 0 unspecified atom stereocenters. The van der Waals surface area contributed by atoms with Gasteiger partial charge in [-0.2, -0.15) is 0 Å². The number of rotatable bonds is 1. The molecule has 1 aromatic carbocycles. The minimum atomic E-state index is -4.66. The molecule has 0 aliphatic carbocycles. The van der Waals surface area contributed by atoms with E-state index in [1.807, 2.05) is 0 Å². The molecule has 2 nitrogen and oxygen atoms in total. The van der Waals surface area contributed by atoms with E-state index in [-0.39, 0.29) is 5.75 Å². The second-order valence-electron chi connectivity index (χ2n) is 2.24. The van der Waals surface area contributed by atoms with Crippen molar-refractivity contribution in [2.45, 2.75) is 6.36 Å². The summed E-state index contributed by atoms with van der Waals surface area (Å²) in [6.07, 6.45) is -4.66. The molecule has 1 rings (SSSR count). The molecule has 2 N–H and O–H groups in total. The summed E-state index contributed by atoms with van der Waals surface area (Å²) in [7, 11) is 0. The number of ether oxygens (including phenoxy) is 1. The summed E-state index contributed by atoms with van der Waals surface area (Å²) in [5.74, 6) is -0.234. The molecule has 1 aromatic rings. The van der Waals surface area contributed by atoms with Gasteiger partial charge < -0.3 is 10.5 Å². The van der Waals surface area contributed by atoms with Gasteiger partial charge in [-0.3, -0.25) is 0 Å². The minimum Gasteiger partial charge on any atom is -0.405 e. The normalized spacial score (nSPS) is 11.4. The predicted molar refractivity (Wildman–Crippen MR) is 50.3 cm³/mol. The van der Waals surface area contributed by atoms with Crippen molar-refractivity contribution in [1.82, 2.24) is 0 Å². The smallest absolute Gasteiger partial charge is 0.405 e. The van der Waals surface area contributed by atoms with Gasteiger partial charge in [0.1, 0.15) is 5.75 Å². The lowest BCUT2D eigenvalue weighted by Crippen LogP contribution is -2.17. The molecule has 0 aliphatic rings. The fraction of sp³-hybridized carbons (Fsp3) is 0.143. The first-order valence-electron chi connectivity index (χ1n) is 3.19. The van der Waals surface area contributed by atoms with Gasteiger partial charge in [0.2, 0.25) is 0 Å². The number of anilines is 1. The van der Waals surface area contributed by atoms with Crippen LogP contribution >= 0.6 is 22.6 Å². The zero-order chi connectivity index (χ0) is 10.1. The Kier molecular flexibility index (Phi) is 2.89. The second kappa shape index (κ2) is 3.60. The number of hydrogen-bond donors (Lipinski definition) is 1. The van der Waals surface area contributed by atoms with Gasteiger partial charge in [-0.25, -0.2) is 0 Å². The van der Waals surface area contributed by atoms with Crippen molar-refractivity contribution in [2.75, 3.05) is 5.73 Å². The maximum atomic E-state index is 11.8. The monoisotopic (exact) mass is 303 g/mol. The predicted octanol–water partition coefficient (Wildman–Crippen LogP) is 2.77. The number of benzene rings is 1. The van der Waals surface area contributed by atoms with E-state index in [1.54, 1.807) is 22.6 Å². The molecule has 0 atom stereocenters. The lowest BCUT2D eigenvalue weighted by molar-refractivity contribution is -0.274. The van der Waals surface area contributed by atoms with E-state index in [1.165, 1.54) is 18.2 Å². The summed E-state index contributed by atoms with van der Waals surface area (Å²) in [5, 5.41) is 0. The van der Waals surface area contributed by atoms with Crippen LogP contribution in [0.2, 0.25) is 0 Å². The first-order valence-corrected chi connectivity index (χ1v) is 4.27. The summed E-state index contributed by atoms with van der Waals surface area (Å²) in [6, 6.07) is 3.94. The molecule has 0 amide bonds. The maximum absolute atomic E-state index is 11.8. The van der Waals surface area contributed by atoms with Crippen molar-refractivity contribution in [2.24, 2.45) is 0 Å². The Bertz CT molecular complexity index is 313. The Hall–Kier alpha value is -0.660. The summed E-state index contributed by atoms with van der Waals surface area (Å²) in [4.78, 5) is 0. The molecule has 0 heterocycles. The van der Waals surface area contributed by atoms with Crippen LogP contribution < -0.4 is 10.5 Å². The zero-order valence-corrected chi connectivity index (χ0v) is 8.39. The molecule has 0 radical (unpaired) electrons. The SMILES string of the molecule is Nc1ccc(OC(F)(F)F)c(I)c1. The van der Waals surface area contributed by atoms with E-state index in [4.69, 9.17) is 5.73 Å². The van der Waals surface area contributed by atoms with E-state index in [0.29, 0.717) is 9.26 Å². The van der Waals surface area contributed by atoms with Crippen molar-refractivity contribution >= 4 is 28.3 Å². The van der Waals surface area contributed by atoms with Crippen LogP contribution in [0.3, 0.4) is 0 Å². The fourth-order valence-corrected chi connectivity index (χ4v) is 1.37. The van der Waals surface area contributed by atoms with Gasteiger partial charge in [-0.15, -0.1) is 13.2 Å². The number of halogens is 4. The van der Waals surface area contributed by atoms with Crippen molar-refractivity contribution in [3.8, 4) is 5.75 Å². The van der Waals surface area contributed by atoms with Crippen LogP contribution in [-0.2, 0) is 0 Å². The maximum Gasteiger partial charge on any atom is 0.573 e. The van der Waals surface area contributed by atoms with Crippen LogP contribution in [0.5, 0.6) is 5.75 Å². The van der Waals surface area contributed by atoms with Gasteiger partial charge in [-0.05, 0) is 40.8 Å². The number of hydrogen-bond acceptors (Lipinski definition) is 2. The molecule has 0 aliphatic heterocycles. The molecular weight excluding hydrogens is 298 g/mol. The second-order valence-corrected chi connectivity index (χ2v) is 3.40. The molecule has 72 valence electrons. The average molecular weight is 303 g/mol. The Labute approximate surface area is 86.0 Å². The standard InChI is InChI=1S/C7H5F3INO/c8-7(9,10)13-6-2-1-4(12)3-5(6)11/h1-3H,12H2. The van der Waals surface area contributed by atoms with Gasteiger partial charge in [0, 0.05) is 5.69 Å². The van der Waals surface area contributed by atoms with Gasteiger partial charge in [-0.1, -0.05) is 0 Å². The summed E-state index contributed by atoms with van der Waals surface area (Å²) in [5.41, 5.74) is 5.75. The Morgan fingerprint density at radius 1 is 1.31 bits per heavy atom. The highest BCUT2D eigenvalue weighted by molar-refractivity contribution is 14.1. The highest BCUT2D eigenvalue weighted by Gasteiger charge is 2.31. The lowest BCUT2D eigenvalue weighted by Gasteiger charge is -2.10. The third kappa shape index (κ3) is 3.29. The summed E-state index contributed by atoms with van der Waals surface area (Å²) >= 11 is 1.72. The molecular formula is C7H5F3INO. The van der Waals surface area contributed by atoms with Gasteiger partial charge >= 0.3 is 6.36 Å². The van der Waals surface area contributed by atoms with E-state index in [9.17, 15) is 13.2 Å². The Balaban J connectivity index is 2.90. The molecule has 0 aromatic heterocycles. The molecule has 6 heteroatoms. The third-order valence-electron chi connectivity index (χ3n) is 1.18. The third-order valence-corrected chi connectivity index (χ3v) is 2.02. The van der Waals surface area contributed by atoms with Crippen molar-refractivity contribution in [1.29, 1.82) is 0 Å². The topological polar surface area (TPSA) is 35.2 Å².